The van der Waals surface area contributed by atoms with Crippen LogP contribution >= 0.6 is 22.6 Å². The van der Waals surface area contributed by atoms with Crippen molar-refractivity contribution in [2.24, 2.45) is 5.73 Å². The summed E-state index contributed by atoms with van der Waals surface area (Å²) in [5.41, 5.74) is 2.70. The molecule has 1 aromatic rings. The van der Waals surface area contributed by atoms with Crippen molar-refractivity contribution in [1.82, 2.24) is 4.98 Å². The van der Waals surface area contributed by atoms with E-state index >= 15 is 0 Å². The Morgan fingerprint density at radius 2 is 1.94 bits per heavy atom. The summed E-state index contributed by atoms with van der Waals surface area (Å²) in [7, 11) is 0. The summed E-state index contributed by atoms with van der Waals surface area (Å²) in [6, 6.07) is 0.690. The molecule has 16 heavy (non-hydrogen) atoms. The van der Waals surface area contributed by atoms with Crippen molar-refractivity contribution in [2.45, 2.75) is 19.1 Å². The van der Waals surface area contributed by atoms with Crippen LogP contribution in [0.15, 0.2) is 6.07 Å². The molecule has 0 unspecified atom stereocenters. The fraction of sp³-hybridized carbons (Fsp3) is 0.375. The second kappa shape index (κ2) is 4.78. The standard InChI is InChI=1S/C8H6F5IN2/c9-6(10)4-1-3(2-15)16-7(14)5(4)8(11,12)13/h1,6H,2,15H2. The summed E-state index contributed by atoms with van der Waals surface area (Å²) in [4.78, 5) is 3.51. The highest BCUT2D eigenvalue weighted by Gasteiger charge is 2.39. The molecule has 0 spiro atoms. The lowest BCUT2D eigenvalue weighted by Gasteiger charge is -2.14. The van der Waals surface area contributed by atoms with Crippen molar-refractivity contribution in [3.8, 4) is 0 Å². The van der Waals surface area contributed by atoms with Gasteiger partial charge in [0.15, 0.2) is 0 Å². The molecule has 0 saturated heterocycles. The lowest BCUT2D eigenvalue weighted by Crippen LogP contribution is -2.15. The van der Waals surface area contributed by atoms with Crippen LogP contribution < -0.4 is 5.73 Å². The zero-order chi connectivity index (χ0) is 12.5. The monoisotopic (exact) mass is 352 g/mol. The number of rotatable bonds is 2. The van der Waals surface area contributed by atoms with E-state index in [1.807, 2.05) is 0 Å². The third kappa shape index (κ3) is 2.78. The molecular weight excluding hydrogens is 346 g/mol. The zero-order valence-corrected chi connectivity index (χ0v) is 9.81. The Morgan fingerprint density at radius 1 is 1.38 bits per heavy atom. The SMILES string of the molecule is NCc1cc(C(F)F)c(C(F)(F)F)c(I)n1. The minimum Gasteiger partial charge on any atom is -0.325 e. The van der Waals surface area contributed by atoms with Crippen LogP contribution in [0.5, 0.6) is 0 Å². The number of hydrogen-bond acceptors (Lipinski definition) is 2. The summed E-state index contributed by atoms with van der Waals surface area (Å²) in [5, 5.41) is 0. The third-order valence-electron chi connectivity index (χ3n) is 1.79. The van der Waals surface area contributed by atoms with E-state index in [1.54, 1.807) is 0 Å². The van der Waals surface area contributed by atoms with Crippen molar-refractivity contribution < 1.29 is 22.0 Å². The van der Waals surface area contributed by atoms with Crippen LogP contribution in [0.4, 0.5) is 22.0 Å². The van der Waals surface area contributed by atoms with E-state index in [4.69, 9.17) is 5.73 Å². The summed E-state index contributed by atoms with van der Waals surface area (Å²) >= 11 is 1.27. The molecule has 0 aliphatic carbocycles. The molecule has 0 aliphatic heterocycles. The summed E-state index contributed by atoms with van der Waals surface area (Å²) < 4.78 is 61.9. The normalized spacial score (nSPS) is 12.2. The number of hydrogen-bond donors (Lipinski definition) is 1. The first-order chi connectivity index (χ1) is 7.27. The first-order valence-electron chi connectivity index (χ1n) is 4.02. The first kappa shape index (κ1) is 13.6. The quantitative estimate of drug-likeness (QED) is 0.505. The summed E-state index contributed by atoms with van der Waals surface area (Å²) in [5.74, 6) is 0. The molecule has 1 aromatic heterocycles. The van der Waals surface area contributed by atoms with Crippen LogP contribution in [0.2, 0.25) is 0 Å². The number of halogens is 6. The molecule has 2 nitrogen and oxygen atoms in total. The van der Waals surface area contributed by atoms with Crippen LogP contribution in [0, 0.1) is 3.70 Å². The van der Waals surface area contributed by atoms with Gasteiger partial charge in [-0.05, 0) is 28.7 Å². The van der Waals surface area contributed by atoms with E-state index in [-0.39, 0.29) is 12.2 Å². The molecule has 0 saturated carbocycles. The van der Waals surface area contributed by atoms with Crippen LogP contribution in [0.25, 0.3) is 0 Å². The maximum absolute atomic E-state index is 12.5. The molecule has 0 fully saturated rings. The maximum Gasteiger partial charge on any atom is 0.419 e. The van der Waals surface area contributed by atoms with E-state index in [1.165, 1.54) is 22.6 Å². The lowest BCUT2D eigenvalue weighted by molar-refractivity contribution is -0.140. The molecule has 0 atom stereocenters. The zero-order valence-electron chi connectivity index (χ0n) is 7.65. The molecule has 0 radical (unpaired) electrons. The molecule has 0 aliphatic rings. The average Bonchev–Trinajstić information content (AvgIpc) is 2.14. The summed E-state index contributed by atoms with van der Waals surface area (Å²) in [6.45, 7) is -0.187. The number of pyridine rings is 1. The molecule has 0 bridgehead atoms. The predicted octanol–water partition coefficient (Wildman–Crippen LogP) is 3.10. The Balaban J connectivity index is 3.46. The van der Waals surface area contributed by atoms with Crippen LogP contribution in [0.1, 0.15) is 23.2 Å². The van der Waals surface area contributed by atoms with Gasteiger partial charge in [-0.3, -0.25) is 0 Å². The molecule has 0 amide bonds. The predicted molar refractivity (Wildman–Crippen MR) is 54.8 cm³/mol. The Kier molecular flexibility index (Phi) is 4.05. The van der Waals surface area contributed by atoms with Crippen molar-refractivity contribution >= 4 is 22.6 Å². The topological polar surface area (TPSA) is 38.9 Å². The number of aromatic nitrogens is 1. The van der Waals surface area contributed by atoms with Gasteiger partial charge in [-0.1, -0.05) is 0 Å². The van der Waals surface area contributed by atoms with Gasteiger partial charge in [0, 0.05) is 12.1 Å². The van der Waals surface area contributed by atoms with Crippen molar-refractivity contribution in [2.75, 3.05) is 0 Å². The van der Waals surface area contributed by atoms with Gasteiger partial charge in [0.05, 0.1) is 11.3 Å². The molecule has 90 valence electrons. The van der Waals surface area contributed by atoms with Crippen molar-refractivity contribution in [1.29, 1.82) is 0 Å². The molecule has 1 heterocycles. The van der Waals surface area contributed by atoms with Gasteiger partial charge in [0.2, 0.25) is 0 Å². The van der Waals surface area contributed by atoms with E-state index in [9.17, 15) is 22.0 Å². The number of nitrogens with zero attached hydrogens (tertiary/aromatic N) is 1. The Bertz CT molecular complexity index is 391. The minimum atomic E-state index is -4.84. The highest BCUT2D eigenvalue weighted by Crippen LogP contribution is 2.38. The van der Waals surface area contributed by atoms with Gasteiger partial charge in [0.25, 0.3) is 6.43 Å². The second-order valence-electron chi connectivity index (χ2n) is 2.87. The Hall–Kier alpha value is -0.510. The van der Waals surface area contributed by atoms with Gasteiger partial charge in [-0.2, -0.15) is 13.2 Å². The highest BCUT2D eigenvalue weighted by molar-refractivity contribution is 14.1. The van der Waals surface area contributed by atoms with E-state index in [2.05, 4.69) is 4.98 Å². The van der Waals surface area contributed by atoms with Crippen molar-refractivity contribution in [3.63, 3.8) is 0 Å². The van der Waals surface area contributed by atoms with Gasteiger partial charge < -0.3 is 5.73 Å². The van der Waals surface area contributed by atoms with Gasteiger partial charge in [0.1, 0.15) is 3.70 Å². The summed E-state index contributed by atoms with van der Waals surface area (Å²) in [6.07, 6.45) is -8.05. The van der Waals surface area contributed by atoms with Crippen LogP contribution in [-0.2, 0) is 12.7 Å². The lowest BCUT2D eigenvalue weighted by atomic mass is 10.1. The van der Waals surface area contributed by atoms with Crippen molar-refractivity contribution in [3.05, 3.63) is 26.6 Å². The molecule has 2 N–H and O–H groups in total. The second-order valence-corrected chi connectivity index (χ2v) is 3.89. The Morgan fingerprint density at radius 3 is 2.31 bits per heavy atom. The molecule has 0 aromatic carbocycles. The molecule has 1 rings (SSSR count). The fourth-order valence-electron chi connectivity index (χ4n) is 1.14. The smallest absolute Gasteiger partial charge is 0.325 e. The Labute approximate surface area is 101 Å². The molecule has 8 heteroatoms. The minimum absolute atomic E-state index is 0.00713. The number of alkyl halides is 5. The first-order valence-corrected chi connectivity index (χ1v) is 5.10. The van der Waals surface area contributed by atoms with Gasteiger partial charge >= 0.3 is 6.18 Å². The highest BCUT2D eigenvalue weighted by atomic mass is 127. The van der Waals surface area contributed by atoms with E-state index in [0.717, 1.165) is 0 Å². The van der Waals surface area contributed by atoms with E-state index in [0.29, 0.717) is 6.07 Å². The van der Waals surface area contributed by atoms with Gasteiger partial charge in [-0.25, -0.2) is 13.8 Å². The van der Waals surface area contributed by atoms with Crippen LogP contribution in [-0.4, -0.2) is 4.98 Å². The largest absolute Gasteiger partial charge is 0.419 e. The van der Waals surface area contributed by atoms with E-state index < -0.39 is 27.4 Å². The maximum atomic E-state index is 12.5. The molecular formula is C8H6F5IN2. The van der Waals surface area contributed by atoms with Gasteiger partial charge in [-0.15, -0.1) is 0 Å². The fourth-order valence-corrected chi connectivity index (χ4v) is 2.07. The third-order valence-corrected chi connectivity index (χ3v) is 2.57. The number of nitrogens with two attached hydrogens (primary N) is 1. The average molecular weight is 352 g/mol. The van der Waals surface area contributed by atoms with Crippen LogP contribution in [0.3, 0.4) is 0 Å².